The lowest BCUT2D eigenvalue weighted by Gasteiger charge is -2.08. The molecular formula is C10H11ClFN. The normalized spacial score (nSPS) is 16.2. The third-order valence-corrected chi connectivity index (χ3v) is 3.00. The maximum Gasteiger partial charge on any atom is 0.150 e. The summed E-state index contributed by atoms with van der Waals surface area (Å²) >= 11 is 6.01. The predicted octanol–water partition coefficient (Wildman–Crippen LogP) is 3.25. The minimum Gasteiger partial charge on any atom is -0.396 e. The lowest BCUT2D eigenvalue weighted by atomic mass is 10.1. The minimum absolute atomic E-state index is 0.212. The van der Waals surface area contributed by atoms with Gasteiger partial charge in [0.05, 0.1) is 10.7 Å². The van der Waals surface area contributed by atoms with E-state index in [-0.39, 0.29) is 11.5 Å². The van der Waals surface area contributed by atoms with E-state index in [9.17, 15) is 4.39 Å². The Morgan fingerprint density at radius 1 is 1.54 bits per heavy atom. The van der Waals surface area contributed by atoms with Crippen LogP contribution in [0.3, 0.4) is 0 Å². The summed E-state index contributed by atoms with van der Waals surface area (Å²) in [6.07, 6.45) is 2.29. The highest BCUT2D eigenvalue weighted by Crippen LogP contribution is 2.45. The molecule has 0 saturated heterocycles. The van der Waals surface area contributed by atoms with Crippen LogP contribution in [0, 0.1) is 12.7 Å². The number of benzene rings is 1. The van der Waals surface area contributed by atoms with Crippen molar-refractivity contribution in [3.63, 3.8) is 0 Å². The fourth-order valence-corrected chi connectivity index (χ4v) is 1.81. The first-order chi connectivity index (χ1) is 6.11. The molecule has 0 heterocycles. The molecule has 1 saturated carbocycles. The van der Waals surface area contributed by atoms with Crippen LogP contribution in [-0.2, 0) is 0 Å². The average Bonchev–Trinajstić information content (AvgIpc) is 2.91. The van der Waals surface area contributed by atoms with Crippen LogP contribution in [0.5, 0.6) is 0 Å². The Hall–Kier alpha value is -0.760. The number of nitrogens with two attached hydrogens (primary N) is 1. The van der Waals surface area contributed by atoms with Crippen LogP contribution in [0.15, 0.2) is 6.07 Å². The summed E-state index contributed by atoms with van der Waals surface area (Å²) in [7, 11) is 0. The molecule has 70 valence electrons. The smallest absolute Gasteiger partial charge is 0.150 e. The molecule has 2 rings (SSSR count). The van der Waals surface area contributed by atoms with Gasteiger partial charge in [0, 0.05) is 5.56 Å². The van der Waals surface area contributed by atoms with E-state index < -0.39 is 0 Å². The Morgan fingerprint density at radius 3 is 2.69 bits per heavy atom. The van der Waals surface area contributed by atoms with Gasteiger partial charge in [0.1, 0.15) is 5.82 Å². The number of halogens is 2. The van der Waals surface area contributed by atoms with Crippen LogP contribution in [0.2, 0.25) is 5.02 Å². The number of anilines is 1. The molecule has 0 atom stereocenters. The van der Waals surface area contributed by atoms with Crippen LogP contribution in [0.4, 0.5) is 10.1 Å². The lowest BCUT2D eigenvalue weighted by Crippen LogP contribution is -1.97. The van der Waals surface area contributed by atoms with Gasteiger partial charge in [-0.3, -0.25) is 0 Å². The van der Waals surface area contributed by atoms with E-state index in [0.717, 1.165) is 18.4 Å². The summed E-state index contributed by atoms with van der Waals surface area (Å²) in [5, 5.41) is 0.550. The maximum atomic E-state index is 13.2. The van der Waals surface area contributed by atoms with Crippen molar-refractivity contribution >= 4 is 17.3 Å². The molecule has 0 bridgehead atoms. The summed E-state index contributed by atoms with van der Waals surface area (Å²) in [4.78, 5) is 0. The second kappa shape index (κ2) is 2.88. The van der Waals surface area contributed by atoms with Crippen LogP contribution in [0.1, 0.15) is 29.9 Å². The van der Waals surface area contributed by atoms with Crippen molar-refractivity contribution < 1.29 is 4.39 Å². The van der Waals surface area contributed by atoms with Crippen LogP contribution in [0.25, 0.3) is 0 Å². The van der Waals surface area contributed by atoms with Gasteiger partial charge in [0.15, 0.2) is 0 Å². The first kappa shape index (κ1) is 8.82. The number of nitrogen functional groups attached to an aromatic ring is 1. The zero-order chi connectivity index (χ0) is 9.59. The van der Waals surface area contributed by atoms with Crippen molar-refractivity contribution in [1.82, 2.24) is 0 Å². The molecule has 1 aromatic rings. The summed E-state index contributed by atoms with van der Waals surface area (Å²) < 4.78 is 13.2. The summed E-state index contributed by atoms with van der Waals surface area (Å²) in [5.74, 6) is 0.128. The van der Waals surface area contributed by atoms with Crippen LogP contribution >= 0.6 is 11.6 Å². The van der Waals surface area contributed by atoms with E-state index >= 15 is 0 Å². The summed E-state index contributed by atoms with van der Waals surface area (Å²) in [6.45, 7) is 1.67. The third kappa shape index (κ3) is 1.39. The van der Waals surface area contributed by atoms with E-state index in [1.165, 1.54) is 0 Å². The highest BCUT2D eigenvalue weighted by molar-refractivity contribution is 6.32. The molecule has 0 unspecified atom stereocenters. The quantitative estimate of drug-likeness (QED) is 0.691. The van der Waals surface area contributed by atoms with Crippen LogP contribution in [-0.4, -0.2) is 0 Å². The van der Waals surface area contributed by atoms with E-state index in [4.69, 9.17) is 17.3 Å². The maximum absolute atomic E-state index is 13.2. The fourth-order valence-electron chi connectivity index (χ4n) is 1.52. The molecule has 1 nitrogen and oxygen atoms in total. The van der Waals surface area contributed by atoms with Gasteiger partial charge in [-0.2, -0.15) is 0 Å². The lowest BCUT2D eigenvalue weighted by molar-refractivity contribution is 0.622. The molecule has 0 spiro atoms. The summed E-state index contributed by atoms with van der Waals surface area (Å²) in [5.41, 5.74) is 7.22. The van der Waals surface area contributed by atoms with Crippen molar-refractivity contribution in [2.24, 2.45) is 0 Å². The molecule has 13 heavy (non-hydrogen) atoms. The Labute approximate surface area is 81.7 Å². The van der Waals surface area contributed by atoms with Crippen molar-refractivity contribution in [1.29, 1.82) is 0 Å². The Kier molecular flexibility index (Phi) is 1.95. The molecule has 0 radical (unpaired) electrons. The Bertz CT molecular complexity index is 358. The van der Waals surface area contributed by atoms with Gasteiger partial charge in [-0.1, -0.05) is 11.6 Å². The Balaban J connectivity index is 2.58. The molecule has 1 fully saturated rings. The van der Waals surface area contributed by atoms with Gasteiger partial charge in [-0.25, -0.2) is 4.39 Å². The molecule has 1 aliphatic carbocycles. The Morgan fingerprint density at radius 2 is 2.15 bits per heavy atom. The molecule has 0 amide bonds. The van der Waals surface area contributed by atoms with Gasteiger partial charge in [0.25, 0.3) is 0 Å². The SMILES string of the molecule is Cc1c(F)c(N)cc(C2CC2)c1Cl. The molecule has 1 aliphatic rings. The monoisotopic (exact) mass is 199 g/mol. The second-order valence-corrected chi connectivity index (χ2v) is 3.96. The molecule has 1 aromatic carbocycles. The minimum atomic E-state index is -0.380. The molecular weight excluding hydrogens is 189 g/mol. The molecule has 3 heteroatoms. The topological polar surface area (TPSA) is 26.0 Å². The van der Waals surface area contributed by atoms with Gasteiger partial charge in [-0.05, 0) is 37.3 Å². The van der Waals surface area contributed by atoms with Crippen molar-refractivity contribution in [2.45, 2.75) is 25.7 Å². The number of hydrogen-bond acceptors (Lipinski definition) is 1. The molecule has 0 aliphatic heterocycles. The zero-order valence-electron chi connectivity index (χ0n) is 7.40. The molecule has 2 N–H and O–H groups in total. The van der Waals surface area contributed by atoms with Crippen molar-refractivity contribution in [3.8, 4) is 0 Å². The fraction of sp³-hybridized carbons (Fsp3) is 0.400. The van der Waals surface area contributed by atoms with E-state index in [1.54, 1.807) is 13.0 Å². The first-order valence-corrected chi connectivity index (χ1v) is 4.73. The predicted molar refractivity (Wildman–Crippen MR) is 52.5 cm³/mol. The van der Waals surface area contributed by atoms with Gasteiger partial charge < -0.3 is 5.73 Å². The van der Waals surface area contributed by atoms with E-state index in [1.807, 2.05) is 0 Å². The van der Waals surface area contributed by atoms with E-state index in [2.05, 4.69) is 0 Å². The van der Waals surface area contributed by atoms with Crippen molar-refractivity contribution in [2.75, 3.05) is 5.73 Å². The van der Waals surface area contributed by atoms with Gasteiger partial charge in [-0.15, -0.1) is 0 Å². The number of rotatable bonds is 1. The molecule has 0 aromatic heterocycles. The van der Waals surface area contributed by atoms with Gasteiger partial charge in [0.2, 0.25) is 0 Å². The van der Waals surface area contributed by atoms with Crippen LogP contribution < -0.4 is 5.73 Å². The number of hydrogen-bond donors (Lipinski definition) is 1. The first-order valence-electron chi connectivity index (χ1n) is 4.35. The van der Waals surface area contributed by atoms with Gasteiger partial charge >= 0.3 is 0 Å². The van der Waals surface area contributed by atoms with E-state index in [0.29, 0.717) is 16.5 Å². The average molecular weight is 200 g/mol. The highest BCUT2D eigenvalue weighted by Gasteiger charge is 2.27. The summed E-state index contributed by atoms with van der Waals surface area (Å²) in [6, 6.07) is 1.67. The largest absolute Gasteiger partial charge is 0.396 e. The zero-order valence-corrected chi connectivity index (χ0v) is 8.16. The van der Waals surface area contributed by atoms with Crippen molar-refractivity contribution in [3.05, 3.63) is 28.0 Å². The highest BCUT2D eigenvalue weighted by atomic mass is 35.5. The third-order valence-electron chi connectivity index (χ3n) is 2.49. The second-order valence-electron chi connectivity index (χ2n) is 3.58. The standard InChI is InChI=1S/C10H11ClFN/c1-5-9(11)7(6-2-3-6)4-8(13)10(5)12/h4,6H,2-3,13H2,1H3.